The molecule has 1 aromatic heterocycles. The molecule has 1 aromatic rings. The highest BCUT2D eigenvalue weighted by atomic mass is 32.2. The average molecular weight is 489 g/mol. The van der Waals surface area contributed by atoms with Crippen LogP contribution in [0.5, 0.6) is 0 Å². The summed E-state index contributed by atoms with van der Waals surface area (Å²) in [4.78, 5) is 39.5. The van der Waals surface area contributed by atoms with Crippen molar-refractivity contribution < 1.29 is 31.9 Å². The minimum atomic E-state index is -3.77. The van der Waals surface area contributed by atoms with E-state index in [1.54, 1.807) is 13.0 Å². The Morgan fingerprint density at radius 1 is 1.32 bits per heavy atom. The lowest BCUT2D eigenvalue weighted by atomic mass is 9.99. The molecule has 4 amide bonds. The van der Waals surface area contributed by atoms with Gasteiger partial charge in [-0.15, -0.1) is 4.90 Å². The van der Waals surface area contributed by atoms with Crippen molar-refractivity contribution in [3.8, 4) is 0 Å². The molecule has 0 spiro atoms. The fourth-order valence-electron chi connectivity index (χ4n) is 4.37. The van der Waals surface area contributed by atoms with Gasteiger partial charge >= 0.3 is 11.9 Å². The molecule has 180 valence electrons. The number of aryl methyl sites for hydroxylation is 1. The van der Waals surface area contributed by atoms with Crippen molar-refractivity contribution in [3.63, 3.8) is 0 Å². The number of fused-ring (bicyclic) bond motifs is 1. The van der Waals surface area contributed by atoms with E-state index in [1.165, 1.54) is 22.8 Å². The Kier molecular flexibility index (Phi) is 5.32. The van der Waals surface area contributed by atoms with Crippen LogP contribution in [0.2, 0.25) is 0 Å². The summed E-state index contributed by atoms with van der Waals surface area (Å²) in [6.07, 6.45) is 6.82. The molecule has 2 unspecified atom stereocenters. The quantitative estimate of drug-likeness (QED) is 0.533. The van der Waals surface area contributed by atoms with Crippen LogP contribution in [0.1, 0.15) is 44.1 Å². The van der Waals surface area contributed by atoms with Crippen molar-refractivity contribution in [2.75, 3.05) is 6.54 Å². The molecule has 0 aromatic carbocycles. The number of aromatic nitrogens is 1. The number of imide groups is 1. The highest BCUT2D eigenvalue weighted by molar-refractivity contribution is 7.90. The van der Waals surface area contributed by atoms with Crippen molar-refractivity contribution in [1.82, 2.24) is 20.1 Å². The summed E-state index contributed by atoms with van der Waals surface area (Å²) in [7, 11) is -3.77. The predicted octanol–water partition coefficient (Wildman–Crippen LogP) is 0.514. The predicted molar refractivity (Wildman–Crippen MR) is 119 cm³/mol. The van der Waals surface area contributed by atoms with E-state index < -0.39 is 32.8 Å². The maximum Gasteiger partial charge on any atom is 0.501 e. The highest BCUT2D eigenvalue weighted by Crippen LogP contribution is 2.36. The molecule has 4 aliphatic rings. The van der Waals surface area contributed by atoms with Gasteiger partial charge in [-0.2, -0.15) is 9.37 Å². The first-order valence-corrected chi connectivity index (χ1v) is 12.7. The molecule has 3 heterocycles. The molecule has 2 atom stereocenters. The van der Waals surface area contributed by atoms with Crippen molar-refractivity contribution in [2.24, 2.45) is 0 Å². The van der Waals surface area contributed by atoms with Crippen LogP contribution in [-0.4, -0.2) is 70.0 Å². The van der Waals surface area contributed by atoms with Crippen LogP contribution in [0.4, 0.5) is 4.79 Å². The average Bonchev–Trinajstić information content (AvgIpc) is 3.14. The summed E-state index contributed by atoms with van der Waals surface area (Å²) in [6, 6.07) is 0.797. The number of amides is 4. The molecule has 34 heavy (non-hydrogen) atoms. The third-order valence-electron chi connectivity index (χ3n) is 6.50. The number of nitrogens with one attached hydrogen (secondary N) is 2. The van der Waals surface area contributed by atoms with E-state index in [0.717, 1.165) is 17.7 Å². The molecule has 2 aliphatic heterocycles. The van der Waals surface area contributed by atoms with Gasteiger partial charge in [0.05, 0.1) is 11.7 Å². The van der Waals surface area contributed by atoms with E-state index in [1.807, 2.05) is 6.92 Å². The van der Waals surface area contributed by atoms with Crippen LogP contribution in [0, 0.1) is 6.92 Å². The lowest BCUT2D eigenvalue weighted by molar-refractivity contribution is -0.440. The molecule has 1 saturated carbocycles. The third-order valence-corrected chi connectivity index (χ3v) is 8.29. The molecule has 2 N–H and O–H groups in total. The summed E-state index contributed by atoms with van der Waals surface area (Å²) >= 11 is 0. The first-order valence-electron chi connectivity index (χ1n) is 11.2. The van der Waals surface area contributed by atoms with Crippen molar-refractivity contribution in [3.05, 3.63) is 41.3 Å². The number of sulfonamides is 1. The number of allylic oxidation sites excluding steroid dienone is 1. The molecular weight excluding hydrogens is 462 g/mol. The second-order valence-electron chi connectivity index (χ2n) is 9.52. The topological polar surface area (TPSA) is 142 Å². The number of urea groups is 1. The molecular formula is C22H26N5O6S+. The van der Waals surface area contributed by atoms with Crippen LogP contribution in [0.25, 0.3) is 0 Å². The molecule has 0 radical (unpaired) electrons. The minimum absolute atomic E-state index is 0.0923. The van der Waals surface area contributed by atoms with Crippen LogP contribution in [-0.2, 0) is 26.2 Å². The zero-order chi connectivity index (χ0) is 24.3. The summed E-state index contributed by atoms with van der Waals surface area (Å²) in [5, 5.41) is 5.59. The highest BCUT2D eigenvalue weighted by Gasteiger charge is 2.48. The van der Waals surface area contributed by atoms with Crippen molar-refractivity contribution >= 4 is 33.6 Å². The Bertz CT molecular complexity index is 1290. The SMILES string of the molecule is Cc1cc(CN2C(=O)C3=CC(S(=O)(=O)NC4(C)CC4)C=CC3=[N+](CC3CCC(=O)N3)C2=O)on1. The zero-order valence-electron chi connectivity index (χ0n) is 18.9. The lowest BCUT2D eigenvalue weighted by Gasteiger charge is -2.27. The number of rotatable bonds is 7. The fraction of sp³-hybridized carbons (Fsp3) is 0.500. The zero-order valence-corrected chi connectivity index (χ0v) is 19.7. The number of carbonyl (C=O) groups is 3. The maximum absolute atomic E-state index is 13.4. The second kappa shape index (κ2) is 7.98. The van der Waals surface area contributed by atoms with Gasteiger partial charge in [-0.25, -0.2) is 17.9 Å². The molecule has 0 bridgehead atoms. The van der Waals surface area contributed by atoms with Crippen LogP contribution >= 0.6 is 0 Å². The number of carbonyl (C=O) groups excluding carboxylic acids is 3. The smallest absolute Gasteiger partial charge is 0.357 e. The third kappa shape index (κ3) is 4.23. The molecule has 2 fully saturated rings. The minimum Gasteiger partial charge on any atom is -0.357 e. The molecule has 1 saturated heterocycles. The van der Waals surface area contributed by atoms with Crippen LogP contribution in [0.3, 0.4) is 0 Å². The summed E-state index contributed by atoms with van der Waals surface area (Å²) in [5.41, 5.74) is 0.601. The number of hydrogen-bond donors (Lipinski definition) is 2. The number of hydrogen-bond acceptors (Lipinski definition) is 7. The van der Waals surface area contributed by atoms with Gasteiger partial charge in [0.2, 0.25) is 15.9 Å². The van der Waals surface area contributed by atoms with Gasteiger partial charge < -0.3 is 9.84 Å². The Labute approximate surface area is 196 Å². The second-order valence-corrected chi connectivity index (χ2v) is 11.4. The summed E-state index contributed by atoms with van der Waals surface area (Å²) in [6.45, 7) is 3.58. The van der Waals surface area contributed by atoms with E-state index in [0.29, 0.717) is 30.0 Å². The van der Waals surface area contributed by atoms with Gasteiger partial charge in [0, 0.05) is 18.0 Å². The Morgan fingerprint density at radius 2 is 2.09 bits per heavy atom. The van der Waals surface area contributed by atoms with E-state index in [4.69, 9.17) is 4.52 Å². The van der Waals surface area contributed by atoms with Gasteiger partial charge in [-0.1, -0.05) is 11.2 Å². The van der Waals surface area contributed by atoms with Crippen LogP contribution in [0.15, 0.2) is 34.4 Å². The van der Waals surface area contributed by atoms with Crippen molar-refractivity contribution in [1.29, 1.82) is 0 Å². The van der Waals surface area contributed by atoms with Gasteiger partial charge in [0.25, 0.3) is 0 Å². The van der Waals surface area contributed by atoms with Gasteiger partial charge in [0.1, 0.15) is 23.1 Å². The Hall–Kier alpha value is -3.12. The monoisotopic (exact) mass is 488 g/mol. The van der Waals surface area contributed by atoms with Crippen LogP contribution < -0.4 is 10.0 Å². The van der Waals surface area contributed by atoms with Gasteiger partial charge in [-0.05, 0) is 45.3 Å². The lowest BCUT2D eigenvalue weighted by Crippen LogP contribution is -2.54. The van der Waals surface area contributed by atoms with Gasteiger partial charge in [-0.3, -0.25) is 4.79 Å². The Balaban J connectivity index is 1.51. The van der Waals surface area contributed by atoms with Crippen molar-refractivity contribution in [2.45, 2.75) is 62.9 Å². The largest absolute Gasteiger partial charge is 0.501 e. The first-order chi connectivity index (χ1) is 16.0. The molecule has 12 heteroatoms. The Morgan fingerprint density at radius 3 is 2.71 bits per heavy atom. The maximum atomic E-state index is 13.4. The molecule has 2 aliphatic carbocycles. The normalized spacial score (nSPS) is 26.0. The van der Waals surface area contributed by atoms with E-state index in [9.17, 15) is 22.8 Å². The van der Waals surface area contributed by atoms with E-state index >= 15 is 0 Å². The standard InChI is InChI=1S/C22H25N5O6S/c1-13-9-15(33-24-13)12-27-20(29)17-10-16(34(31,32)25-22(2)7-8-22)4-5-18(17)26(21(27)30)11-14-3-6-19(28)23-14/h4-5,9-10,14,16,25H,3,6-8,11-12H2,1-2H3/p+1. The molecule has 5 rings (SSSR count). The van der Waals surface area contributed by atoms with E-state index in [-0.39, 0.29) is 30.6 Å². The summed E-state index contributed by atoms with van der Waals surface area (Å²) < 4.78 is 35.3. The first kappa shape index (κ1) is 22.7. The fourth-order valence-corrected chi connectivity index (χ4v) is 6.00. The molecule has 11 nitrogen and oxygen atoms in total. The van der Waals surface area contributed by atoms with E-state index in [2.05, 4.69) is 15.2 Å². The summed E-state index contributed by atoms with van der Waals surface area (Å²) in [5.74, 6) is -0.371. The number of nitrogens with zero attached hydrogens (tertiary/aromatic N) is 3. The van der Waals surface area contributed by atoms with Gasteiger partial charge in [0.15, 0.2) is 12.3 Å².